The highest BCUT2D eigenvalue weighted by molar-refractivity contribution is 5.21. The minimum atomic E-state index is -0.0784. The number of benzene rings is 1. The van der Waals surface area contributed by atoms with Crippen LogP contribution in [0.1, 0.15) is 44.7 Å². The smallest absolute Gasteiger partial charge is 0.127 e. The first-order chi connectivity index (χ1) is 9.60. The summed E-state index contributed by atoms with van der Waals surface area (Å²) < 4.78 is 14.0. The van der Waals surface area contributed by atoms with Gasteiger partial charge in [0.25, 0.3) is 0 Å². The maximum absolute atomic E-state index is 14.0. The summed E-state index contributed by atoms with van der Waals surface area (Å²) in [6.07, 6.45) is 3.82. The maximum atomic E-state index is 14.0. The molecule has 2 unspecified atom stereocenters. The Morgan fingerprint density at radius 2 is 2.10 bits per heavy atom. The van der Waals surface area contributed by atoms with E-state index in [0.717, 1.165) is 37.5 Å². The summed E-state index contributed by atoms with van der Waals surface area (Å²) in [5, 5.41) is 3.74. The molecular weight excluding hydrogens is 251 g/mol. The van der Waals surface area contributed by atoms with E-state index in [4.69, 9.17) is 0 Å². The molecule has 0 bridgehead atoms. The summed E-state index contributed by atoms with van der Waals surface area (Å²) in [6, 6.07) is 7.35. The normalized spacial score (nSPS) is 29.9. The Bertz CT molecular complexity index is 472. The molecule has 2 fully saturated rings. The van der Waals surface area contributed by atoms with Crippen molar-refractivity contribution in [3.05, 3.63) is 35.6 Å². The summed E-state index contributed by atoms with van der Waals surface area (Å²) in [5.74, 6) is 0.723. The van der Waals surface area contributed by atoms with Crippen LogP contribution < -0.4 is 5.32 Å². The number of nitrogens with one attached hydrogen (secondary N) is 1. The topological polar surface area (TPSA) is 15.3 Å². The van der Waals surface area contributed by atoms with E-state index in [2.05, 4.69) is 24.1 Å². The molecule has 110 valence electrons. The highest BCUT2D eigenvalue weighted by Crippen LogP contribution is 2.41. The number of rotatable bonds is 3. The summed E-state index contributed by atoms with van der Waals surface area (Å²) in [5.41, 5.74) is 1.03. The van der Waals surface area contributed by atoms with Crippen LogP contribution >= 0.6 is 0 Å². The van der Waals surface area contributed by atoms with Gasteiger partial charge in [0, 0.05) is 30.2 Å². The van der Waals surface area contributed by atoms with Gasteiger partial charge in [0.15, 0.2) is 0 Å². The Labute approximate surface area is 121 Å². The molecule has 0 spiro atoms. The molecule has 2 atom stereocenters. The highest BCUT2D eigenvalue weighted by atomic mass is 19.1. The van der Waals surface area contributed by atoms with Crippen molar-refractivity contribution in [1.29, 1.82) is 0 Å². The van der Waals surface area contributed by atoms with Gasteiger partial charge in [-0.3, -0.25) is 4.90 Å². The van der Waals surface area contributed by atoms with E-state index in [-0.39, 0.29) is 17.4 Å². The lowest BCUT2D eigenvalue weighted by Crippen LogP contribution is -2.51. The lowest BCUT2D eigenvalue weighted by Gasteiger charge is -2.37. The van der Waals surface area contributed by atoms with Crippen molar-refractivity contribution >= 4 is 0 Å². The van der Waals surface area contributed by atoms with Gasteiger partial charge in [-0.15, -0.1) is 0 Å². The third kappa shape index (κ3) is 2.75. The van der Waals surface area contributed by atoms with E-state index in [0.29, 0.717) is 0 Å². The lowest BCUT2D eigenvalue weighted by atomic mass is 9.94. The van der Waals surface area contributed by atoms with Gasteiger partial charge in [0.1, 0.15) is 5.82 Å². The molecule has 1 aromatic rings. The van der Waals surface area contributed by atoms with Crippen molar-refractivity contribution in [3.63, 3.8) is 0 Å². The van der Waals surface area contributed by atoms with Crippen molar-refractivity contribution in [2.45, 2.75) is 44.7 Å². The van der Waals surface area contributed by atoms with Gasteiger partial charge < -0.3 is 5.32 Å². The molecule has 0 radical (unpaired) electrons. The fourth-order valence-corrected chi connectivity index (χ4v) is 3.55. The Hall–Kier alpha value is -0.930. The van der Waals surface area contributed by atoms with Gasteiger partial charge in [-0.2, -0.15) is 0 Å². The molecule has 20 heavy (non-hydrogen) atoms. The molecule has 0 amide bonds. The SMILES string of the molecule is CC(c1ccccc1F)N1CCCNC(C)(C2CC2)C1. The second-order valence-corrected chi connectivity index (χ2v) is 6.64. The van der Waals surface area contributed by atoms with Crippen LogP contribution in [0.15, 0.2) is 24.3 Å². The Kier molecular flexibility index (Phi) is 3.83. The van der Waals surface area contributed by atoms with Gasteiger partial charge in [-0.1, -0.05) is 18.2 Å². The molecule has 1 saturated heterocycles. The van der Waals surface area contributed by atoms with Crippen LogP contribution in [-0.2, 0) is 0 Å². The Morgan fingerprint density at radius 3 is 2.80 bits per heavy atom. The van der Waals surface area contributed by atoms with Gasteiger partial charge >= 0.3 is 0 Å². The molecular formula is C17H25FN2. The third-order valence-corrected chi connectivity index (χ3v) is 5.06. The first-order valence-corrected chi connectivity index (χ1v) is 7.84. The second kappa shape index (κ2) is 5.45. The summed E-state index contributed by atoms with van der Waals surface area (Å²) in [7, 11) is 0. The average Bonchev–Trinajstić information content (AvgIpc) is 3.25. The van der Waals surface area contributed by atoms with Crippen LogP contribution in [0.25, 0.3) is 0 Å². The van der Waals surface area contributed by atoms with Gasteiger partial charge in [-0.25, -0.2) is 4.39 Å². The fraction of sp³-hybridized carbons (Fsp3) is 0.647. The largest absolute Gasteiger partial charge is 0.310 e. The van der Waals surface area contributed by atoms with Crippen molar-refractivity contribution in [3.8, 4) is 0 Å². The van der Waals surface area contributed by atoms with Crippen LogP contribution in [0.2, 0.25) is 0 Å². The molecule has 2 aliphatic rings. The minimum Gasteiger partial charge on any atom is -0.310 e. The molecule has 1 aromatic carbocycles. The van der Waals surface area contributed by atoms with E-state index >= 15 is 0 Å². The molecule has 1 aliphatic carbocycles. The van der Waals surface area contributed by atoms with Crippen LogP contribution in [-0.4, -0.2) is 30.1 Å². The number of hydrogen-bond acceptors (Lipinski definition) is 2. The number of nitrogens with zero attached hydrogens (tertiary/aromatic N) is 1. The summed E-state index contributed by atoms with van der Waals surface area (Å²) in [6.45, 7) is 7.62. The predicted octanol–water partition coefficient (Wildman–Crippen LogP) is 3.35. The zero-order chi connectivity index (χ0) is 14.2. The Balaban J connectivity index is 1.79. The third-order valence-electron chi connectivity index (χ3n) is 5.06. The van der Waals surface area contributed by atoms with Crippen LogP contribution in [0.4, 0.5) is 4.39 Å². The maximum Gasteiger partial charge on any atom is 0.127 e. The zero-order valence-corrected chi connectivity index (χ0v) is 12.5. The van der Waals surface area contributed by atoms with E-state index in [9.17, 15) is 4.39 Å². The first kappa shape index (κ1) is 14.0. The molecule has 1 N–H and O–H groups in total. The average molecular weight is 276 g/mol. The molecule has 1 heterocycles. The molecule has 3 heteroatoms. The van der Waals surface area contributed by atoms with E-state index < -0.39 is 0 Å². The predicted molar refractivity (Wildman–Crippen MR) is 80.1 cm³/mol. The Morgan fingerprint density at radius 1 is 1.35 bits per heavy atom. The van der Waals surface area contributed by atoms with E-state index in [1.165, 1.54) is 12.8 Å². The summed E-state index contributed by atoms with van der Waals surface area (Å²) in [4.78, 5) is 2.46. The van der Waals surface area contributed by atoms with Crippen LogP contribution in [0.3, 0.4) is 0 Å². The van der Waals surface area contributed by atoms with Crippen molar-refractivity contribution < 1.29 is 4.39 Å². The minimum absolute atomic E-state index is 0.0784. The molecule has 1 aliphatic heterocycles. The lowest BCUT2D eigenvalue weighted by molar-refractivity contribution is 0.157. The summed E-state index contributed by atoms with van der Waals surface area (Å²) >= 11 is 0. The molecule has 3 rings (SSSR count). The monoisotopic (exact) mass is 276 g/mol. The molecule has 1 saturated carbocycles. The fourth-order valence-electron chi connectivity index (χ4n) is 3.55. The first-order valence-electron chi connectivity index (χ1n) is 7.84. The number of hydrogen-bond donors (Lipinski definition) is 1. The van der Waals surface area contributed by atoms with Gasteiger partial charge in [0.2, 0.25) is 0 Å². The van der Waals surface area contributed by atoms with Crippen LogP contribution in [0, 0.1) is 11.7 Å². The van der Waals surface area contributed by atoms with Crippen molar-refractivity contribution in [2.75, 3.05) is 19.6 Å². The number of halogens is 1. The zero-order valence-electron chi connectivity index (χ0n) is 12.5. The van der Waals surface area contributed by atoms with Crippen LogP contribution in [0.5, 0.6) is 0 Å². The van der Waals surface area contributed by atoms with Gasteiger partial charge in [0.05, 0.1) is 0 Å². The second-order valence-electron chi connectivity index (χ2n) is 6.64. The van der Waals surface area contributed by atoms with E-state index in [1.54, 1.807) is 12.1 Å². The quantitative estimate of drug-likeness (QED) is 0.911. The van der Waals surface area contributed by atoms with Crippen molar-refractivity contribution in [1.82, 2.24) is 10.2 Å². The van der Waals surface area contributed by atoms with E-state index in [1.807, 2.05) is 12.1 Å². The standard InChI is InChI=1S/C17H25FN2/c1-13(15-6-3-4-7-16(15)18)20-11-5-10-19-17(2,12-20)14-8-9-14/h3-4,6-7,13-14,19H,5,8-12H2,1-2H3. The van der Waals surface area contributed by atoms with Crippen molar-refractivity contribution in [2.24, 2.45) is 5.92 Å². The van der Waals surface area contributed by atoms with Gasteiger partial charge in [-0.05, 0) is 51.6 Å². The highest BCUT2D eigenvalue weighted by Gasteiger charge is 2.43. The molecule has 2 nitrogen and oxygen atoms in total. The molecule has 0 aromatic heterocycles.